The van der Waals surface area contributed by atoms with Crippen molar-refractivity contribution in [2.75, 3.05) is 6.61 Å². The molecule has 1 heterocycles. The Labute approximate surface area is 82.6 Å². The Morgan fingerprint density at radius 3 is 3.00 bits per heavy atom. The Morgan fingerprint density at radius 1 is 1.36 bits per heavy atom. The fraction of sp³-hybridized carbons (Fsp3) is 0.273. The largest absolute Gasteiger partial charge is 0.466 e. The van der Waals surface area contributed by atoms with Crippen LogP contribution < -0.4 is 0 Å². The SMILES string of the molecule is OCC1=C(C2=COC=CO2)CCC=C1. The molecule has 0 aromatic rings. The van der Waals surface area contributed by atoms with E-state index in [9.17, 15) is 0 Å². The van der Waals surface area contributed by atoms with Gasteiger partial charge in [0.2, 0.25) is 0 Å². The molecular weight excluding hydrogens is 180 g/mol. The molecule has 0 bridgehead atoms. The number of rotatable bonds is 2. The zero-order chi connectivity index (χ0) is 9.80. The van der Waals surface area contributed by atoms with Crippen molar-refractivity contribution in [3.8, 4) is 0 Å². The molecule has 0 spiro atoms. The third-order valence-electron chi connectivity index (χ3n) is 2.24. The standard InChI is InChI=1S/C11H12O3/c12-7-9-3-1-2-4-10(9)11-8-13-5-6-14-11/h1,3,5-6,8,12H,2,4,7H2. The van der Waals surface area contributed by atoms with Gasteiger partial charge in [-0.05, 0) is 18.4 Å². The third-order valence-corrected chi connectivity index (χ3v) is 2.24. The van der Waals surface area contributed by atoms with Gasteiger partial charge < -0.3 is 14.6 Å². The molecule has 14 heavy (non-hydrogen) atoms. The lowest BCUT2D eigenvalue weighted by Crippen LogP contribution is -2.04. The highest BCUT2D eigenvalue weighted by Crippen LogP contribution is 2.27. The van der Waals surface area contributed by atoms with E-state index in [1.165, 1.54) is 12.5 Å². The van der Waals surface area contributed by atoms with E-state index in [0.29, 0.717) is 5.76 Å². The number of allylic oxidation sites excluding steroid dienone is 2. The van der Waals surface area contributed by atoms with Crippen LogP contribution in [0.1, 0.15) is 12.8 Å². The van der Waals surface area contributed by atoms with Crippen LogP contribution in [-0.4, -0.2) is 11.7 Å². The van der Waals surface area contributed by atoms with Crippen LogP contribution in [0.25, 0.3) is 0 Å². The molecule has 1 aliphatic carbocycles. The summed E-state index contributed by atoms with van der Waals surface area (Å²) in [5.41, 5.74) is 1.93. The molecule has 0 saturated carbocycles. The average molecular weight is 192 g/mol. The topological polar surface area (TPSA) is 38.7 Å². The zero-order valence-corrected chi connectivity index (χ0v) is 7.77. The van der Waals surface area contributed by atoms with Crippen molar-refractivity contribution in [1.29, 1.82) is 0 Å². The summed E-state index contributed by atoms with van der Waals surface area (Å²) in [4.78, 5) is 0. The maximum atomic E-state index is 9.14. The van der Waals surface area contributed by atoms with E-state index in [1.807, 2.05) is 6.08 Å². The fourth-order valence-electron chi connectivity index (χ4n) is 1.55. The van der Waals surface area contributed by atoms with E-state index in [2.05, 4.69) is 6.08 Å². The Balaban J connectivity index is 2.26. The van der Waals surface area contributed by atoms with Crippen molar-refractivity contribution in [3.05, 3.63) is 47.8 Å². The molecule has 3 nitrogen and oxygen atoms in total. The predicted octanol–water partition coefficient (Wildman–Crippen LogP) is 1.98. The first-order valence-electron chi connectivity index (χ1n) is 4.59. The van der Waals surface area contributed by atoms with E-state index in [-0.39, 0.29) is 6.61 Å². The van der Waals surface area contributed by atoms with Gasteiger partial charge in [-0.2, -0.15) is 0 Å². The molecule has 74 valence electrons. The summed E-state index contributed by atoms with van der Waals surface area (Å²) in [6, 6.07) is 0. The first kappa shape index (κ1) is 9.09. The first-order valence-corrected chi connectivity index (χ1v) is 4.59. The van der Waals surface area contributed by atoms with Crippen LogP contribution in [-0.2, 0) is 9.47 Å². The molecule has 0 radical (unpaired) electrons. The molecule has 1 aliphatic heterocycles. The average Bonchev–Trinajstić information content (AvgIpc) is 2.30. The smallest absolute Gasteiger partial charge is 0.165 e. The highest BCUT2D eigenvalue weighted by Gasteiger charge is 2.14. The van der Waals surface area contributed by atoms with Gasteiger partial charge in [-0.1, -0.05) is 12.2 Å². The number of ether oxygens (including phenoxy) is 2. The Kier molecular flexibility index (Phi) is 2.70. The third kappa shape index (κ3) is 1.72. The van der Waals surface area contributed by atoms with Gasteiger partial charge in [-0.25, -0.2) is 0 Å². The summed E-state index contributed by atoms with van der Waals surface area (Å²) >= 11 is 0. The first-order chi connectivity index (χ1) is 6.92. The number of hydrogen-bond acceptors (Lipinski definition) is 3. The van der Waals surface area contributed by atoms with Crippen molar-refractivity contribution >= 4 is 0 Å². The van der Waals surface area contributed by atoms with E-state index >= 15 is 0 Å². The number of aliphatic hydroxyl groups excluding tert-OH is 1. The predicted molar refractivity (Wildman–Crippen MR) is 51.9 cm³/mol. The van der Waals surface area contributed by atoms with Crippen molar-refractivity contribution < 1.29 is 14.6 Å². The maximum Gasteiger partial charge on any atom is 0.165 e. The Bertz CT molecular complexity index is 334. The monoisotopic (exact) mass is 192 g/mol. The lowest BCUT2D eigenvalue weighted by atomic mass is 9.97. The van der Waals surface area contributed by atoms with Crippen molar-refractivity contribution in [2.24, 2.45) is 0 Å². The summed E-state index contributed by atoms with van der Waals surface area (Å²) in [5.74, 6) is 0.695. The Hall–Kier alpha value is -1.48. The molecule has 0 atom stereocenters. The summed E-state index contributed by atoms with van der Waals surface area (Å²) in [6.45, 7) is 0.0379. The summed E-state index contributed by atoms with van der Waals surface area (Å²) < 4.78 is 10.3. The highest BCUT2D eigenvalue weighted by atomic mass is 16.5. The van der Waals surface area contributed by atoms with E-state index < -0.39 is 0 Å². The van der Waals surface area contributed by atoms with E-state index in [1.54, 1.807) is 6.26 Å². The summed E-state index contributed by atoms with van der Waals surface area (Å²) in [7, 11) is 0. The normalized spacial score (nSPS) is 20.2. The van der Waals surface area contributed by atoms with Gasteiger partial charge in [0.1, 0.15) is 18.8 Å². The second kappa shape index (κ2) is 4.15. The van der Waals surface area contributed by atoms with Crippen molar-refractivity contribution in [3.63, 3.8) is 0 Å². The van der Waals surface area contributed by atoms with Crippen LogP contribution in [0.4, 0.5) is 0 Å². The number of aliphatic hydroxyl groups is 1. The van der Waals surface area contributed by atoms with Crippen LogP contribution >= 0.6 is 0 Å². The molecular formula is C11H12O3. The van der Waals surface area contributed by atoms with Crippen LogP contribution in [0, 0.1) is 0 Å². The molecule has 0 aromatic carbocycles. The zero-order valence-electron chi connectivity index (χ0n) is 7.77. The van der Waals surface area contributed by atoms with E-state index in [0.717, 1.165) is 24.0 Å². The van der Waals surface area contributed by atoms with Gasteiger partial charge >= 0.3 is 0 Å². The highest BCUT2D eigenvalue weighted by molar-refractivity contribution is 5.40. The van der Waals surface area contributed by atoms with E-state index in [4.69, 9.17) is 14.6 Å². The van der Waals surface area contributed by atoms with Crippen LogP contribution in [0.5, 0.6) is 0 Å². The number of hydrogen-bond donors (Lipinski definition) is 1. The minimum atomic E-state index is 0.0379. The lowest BCUT2D eigenvalue weighted by Gasteiger charge is -2.17. The molecule has 1 N–H and O–H groups in total. The molecule has 0 aromatic heterocycles. The molecule has 0 amide bonds. The molecule has 2 aliphatic rings. The molecule has 0 saturated heterocycles. The fourth-order valence-corrected chi connectivity index (χ4v) is 1.55. The maximum absolute atomic E-state index is 9.14. The summed E-state index contributed by atoms with van der Waals surface area (Å²) in [5, 5.41) is 9.14. The molecule has 0 unspecified atom stereocenters. The molecule has 2 rings (SSSR count). The van der Waals surface area contributed by atoms with Gasteiger partial charge in [0.05, 0.1) is 6.61 Å². The van der Waals surface area contributed by atoms with Crippen LogP contribution in [0.3, 0.4) is 0 Å². The van der Waals surface area contributed by atoms with Gasteiger partial charge in [0.15, 0.2) is 5.76 Å². The molecule has 3 heteroatoms. The Morgan fingerprint density at radius 2 is 2.29 bits per heavy atom. The lowest BCUT2D eigenvalue weighted by molar-refractivity contribution is 0.260. The van der Waals surface area contributed by atoms with Crippen LogP contribution in [0.15, 0.2) is 47.8 Å². The summed E-state index contributed by atoms with van der Waals surface area (Å²) in [6.07, 6.45) is 10.4. The quantitative estimate of drug-likeness (QED) is 0.727. The van der Waals surface area contributed by atoms with Gasteiger partial charge in [-0.3, -0.25) is 0 Å². The van der Waals surface area contributed by atoms with Crippen molar-refractivity contribution in [1.82, 2.24) is 0 Å². The van der Waals surface area contributed by atoms with Gasteiger partial charge in [0.25, 0.3) is 0 Å². The van der Waals surface area contributed by atoms with Gasteiger partial charge in [0, 0.05) is 5.57 Å². The van der Waals surface area contributed by atoms with Crippen molar-refractivity contribution in [2.45, 2.75) is 12.8 Å². The second-order valence-electron chi connectivity index (χ2n) is 3.11. The minimum absolute atomic E-state index is 0.0379. The van der Waals surface area contributed by atoms with Gasteiger partial charge in [-0.15, -0.1) is 0 Å². The minimum Gasteiger partial charge on any atom is -0.466 e. The second-order valence-corrected chi connectivity index (χ2v) is 3.11. The molecule has 0 fully saturated rings. The van der Waals surface area contributed by atoms with Crippen LogP contribution in [0.2, 0.25) is 0 Å².